The van der Waals surface area contributed by atoms with Crippen molar-refractivity contribution in [1.29, 1.82) is 0 Å². The highest BCUT2D eigenvalue weighted by Gasteiger charge is 2.31. The molecule has 1 atom stereocenters. The molecular formula is C13H24N2O5. The molecule has 0 aliphatic heterocycles. The van der Waals surface area contributed by atoms with E-state index in [1.165, 1.54) is 0 Å². The number of nitrogens with one attached hydrogen (secondary N) is 2. The lowest BCUT2D eigenvalue weighted by Crippen LogP contribution is -2.54. The van der Waals surface area contributed by atoms with Crippen molar-refractivity contribution in [3.05, 3.63) is 0 Å². The molecule has 0 aromatic heterocycles. The van der Waals surface area contributed by atoms with Crippen LogP contribution in [0.2, 0.25) is 0 Å². The maximum absolute atomic E-state index is 11.7. The minimum Gasteiger partial charge on any atom is -0.480 e. The Balaban J connectivity index is 2.23. The van der Waals surface area contributed by atoms with E-state index in [-0.39, 0.29) is 12.1 Å². The molecule has 0 aromatic rings. The normalized spacial score (nSPS) is 22.7. The Labute approximate surface area is 119 Å². The maximum Gasteiger partial charge on any atom is 0.326 e. The van der Waals surface area contributed by atoms with Gasteiger partial charge in [-0.05, 0) is 32.6 Å². The van der Waals surface area contributed by atoms with E-state index < -0.39 is 18.0 Å². The van der Waals surface area contributed by atoms with Gasteiger partial charge in [-0.15, -0.1) is 0 Å². The van der Waals surface area contributed by atoms with Gasteiger partial charge >= 0.3 is 12.0 Å². The Bertz CT molecular complexity index is 318. The Morgan fingerprint density at radius 2 is 2.10 bits per heavy atom. The highest BCUT2D eigenvalue weighted by atomic mass is 16.5. The van der Waals surface area contributed by atoms with Crippen molar-refractivity contribution in [2.75, 3.05) is 20.3 Å². The minimum atomic E-state index is -1.03. The molecule has 0 bridgehead atoms. The summed E-state index contributed by atoms with van der Waals surface area (Å²) >= 11 is 0. The van der Waals surface area contributed by atoms with Crippen molar-refractivity contribution in [2.24, 2.45) is 0 Å². The summed E-state index contributed by atoms with van der Waals surface area (Å²) in [5.41, 5.74) is 0. The van der Waals surface area contributed by atoms with Crippen molar-refractivity contribution >= 4 is 12.0 Å². The van der Waals surface area contributed by atoms with Crippen LogP contribution in [0.3, 0.4) is 0 Å². The molecule has 7 nitrogen and oxygen atoms in total. The van der Waals surface area contributed by atoms with Gasteiger partial charge in [0.05, 0.1) is 6.10 Å². The van der Waals surface area contributed by atoms with Gasteiger partial charge < -0.3 is 25.2 Å². The summed E-state index contributed by atoms with van der Waals surface area (Å²) in [6.07, 6.45) is 2.71. The van der Waals surface area contributed by atoms with Gasteiger partial charge in [0.2, 0.25) is 0 Å². The molecule has 0 spiro atoms. The first-order valence-electron chi connectivity index (χ1n) is 6.97. The second-order valence-electron chi connectivity index (χ2n) is 4.89. The van der Waals surface area contributed by atoms with E-state index >= 15 is 0 Å². The number of amides is 2. The van der Waals surface area contributed by atoms with Gasteiger partial charge in [-0.2, -0.15) is 0 Å². The molecule has 0 saturated heterocycles. The van der Waals surface area contributed by atoms with Gasteiger partial charge in [0.25, 0.3) is 0 Å². The van der Waals surface area contributed by atoms with Crippen LogP contribution in [0, 0.1) is 0 Å². The van der Waals surface area contributed by atoms with Crippen molar-refractivity contribution in [3.63, 3.8) is 0 Å². The van der Waals surface area contributed by atoms with Gasteiger partial charge in [0, 0.05) is 26.4 Å². The second-order valence-corrected chi connectivity index (χ2v) is 4.89. The first kappa shape index (κ1) is 16.7. The number of hydrogen-bond acceptors (Lipinski definition) is 4. The average Bonchev–Trinajstić information content (AvgIpc) is 2.35. The first-order chi connectivity index (χ1) is 9.56. The van der Waals surface area contributed by atoms with E-state index in [4.69, 9.17) is 14.6 Å². The third-order valence-corrected chi connectivity index (χ3v) is 3.28. The SMILES string of the molecule is CCOC1CC(NC(=O)NC(CCCOC)C(=O)O)C1. The van der Waals surface area contributed by atoms with Crippen LogP contribution >= 0.6 is 0 Å². The van der Waals surface area contributed by atoms with E-state index in [2.05, 4.69) is 10.6 Å². The van der Waals surface area contributed by atoms with E-state index in [0.29, 0.717) is 26.1 Å². The zero-order valence-corrected chi connectivity index (χ0v) is 12.1. The Hall–Kier alpha value is -1.34. The number of ether oxygens (including phenoxy) is 2. The number of carbonyl (C=O) groups is 2. The number of carboxylic acids is 1. The number of hydrogen-bond donors (Lipinski definition) is 3. The zero-order chi connectivity index (χ0) is 15.0. The van der Waals surface area contributed by atoms with E-state index in [0.717, 1.165) is 12.8 Å². The minimum absolute atomic E-state index is 0.0694. The fraction of sp³-hybridized carbons (Fsp3) is 0.846. The molecule has 0 radical (unpaired) electrons. The fourth-order valence-corrected chi connectivity index (χ4v) is 2.13. The molecule has 1 fully saturated rings. The Kier molecular flexibility index (Phi) is 7.32. The van der Waals surface area contributed by atoms with Crippen LogP contribution in [0.4, 0.5) is 4.79 Å². The van der Waals surface area contributed by atoms with Gasteiger partial charge in [0.1, 0.15) is 6.04 Å². The topological polar surface area (TPSA) is 96.9 Å². The molecule has 0 heterocycles. The van der Waals surface area contributed by atoms with Crippen LogP contribution in [0.15, 0.2) is 0 Å². The summed E-state index contributed by atoms with van der Waals surface area (Å²) in [4.78, 5) is 22.7. The van der Waals surface area contributed by atoms with Crippen LogP contribution in [0.1, 0.15) is 32.6 Å². The van der Waals surface area contributed by atoms with Crippen LogP contribution in [0.5, 0.6) is 0 Å². The molecule has 7 heteroatoms. The predicted molar refractivity (Wildman–Crippen MR) is 72.6 cm³/mol. The predicted octanol–water partition coefficient (Wildman–Crippen LogP) is 0.733. The third kappa shape index (κ3) is 5.75. The fourth-order valence-electron chi connectivity index (χ4n) is 2.13. The largest absolute Gasteiger partial charge is 0.480 e. The summed E-state index contributed by atoms with van der Waals surface area (Å²) in [6, 6.07) is -1.25. The Morgan fingerprint density at radius 3 is 2.65 bits per heavy atom. The molecule has 0 aromatic carbocycles. The molecule has 20 heavy (non-hydrogen) atoms. The van der Waals surface area contributed by atoms with Gasteiger partial charge in [-0.1, -0.05) is 0 Å². The lowest BCUT2D eigenvalue weighted by molar-refractivity contribution is -0.139. The molecule has 1 aliphatic carbocycles. The summed E-state index contributed by atoms with van der Waals surface area (Å²) in [5.74, 6) is -1.03. The van der Waals surface area contributed by atoms with Crippen LogP contribution < -0.4 is 10.6 Å². The first-order valence-corrected chi connectivity index (χ1v) is 6.97. The summed E-state index contributed by atoms with van der Waals surface area (Å²) in [6.45, 7) is 3.08. The van der Waals surface area contributed by atoms with Gasteiger partial charge in [-0.25, -0.2) is 9.59 Å². The molecular weight excluding hydrogens is 264 g/mol. The number of methoxy groups -OCH3 is 1. The van der Waals surface area contributed by atoms with Crippen LogP contribution in [-0.4, -0.2) is 55.6 Å². The maximum atomic E-state index is 11.7. The lowest BCUT2D eigenvalue weighted by Gasteiger charge is -2.35. The number of carbonyl (C=O) groups excluding carboxylic acids is 1. The summed E-state index contributed by atoms with van der Waals surface area (Å²) < 4.78 is 10.3. The highest BCUT2D eigenvalue weighted by molar-refractivity contribution is 5.82. The third-order valence-electron chi connectivity index (χ3n) is 3.28. The summed E-state index contributed by atoms with van der Waals surface area (Å²) in [5, 5.41) is 14.3. The van der Waals surface area contributed by atoms with E-state index in [1.54, 1.807) is 7.11 Å². The molecule has 1 aliphatic rings. The quantitative estimate of drug-likeness (QED) is 0.544. The molecule has 1 unspecified atom stereocenters. The second kappa shape index (κ2) is 8.76. The number of carboxylic acid groups (broad SMARTS) is 1. The number of aliphatic carboxylic acids is 1. The Morgan fingerprint density at radius 1 is 1.40 bits per heavy atom. The average molecular weight is 288 g/mol. The molecule has 1 saturated carbocycles. The van der Waals surface area contributed by atoms with Gasteiger partial charge in [-0.3, -0.25) is 0 Å². The number of urea groups is 1. The van der Waals surface area contributed by atoms with Crippen LogP contribution in [0.25, 0.3) is 0 Å². The molecule has 3 N–H and O–H groups in total. The standard InChI is InChI=1S/C13H24N2O5/c1-3-20-10-7-9(8-10)14-13(18)15-11(12(16)17)5-4-6-19-2/h9-11H,3-8H2,1-2H3,(H,16,17)(H2,14,15,18). The van der Waals surface area contributed by atoms with Crippen molar-refractivity contribution in [1.82, 2.24) is 10.6 Å². The zero-order valence-electron chi connectivity index (χ0n) is 12.1. The number of rotatable bonds is 9. The molecule has 1 rings (SSSR count). The monoisotopic (exact) mass is 288 g/mol. The van der Waals surface area contributed by atoms with Crippen LogP contribution in [-0.2, 0) is 14.3 Å². The molecule has 2 amide bonds. The van der Waals surface area contributed by atoms with Gasteiger partial charge in [0.15, 0.2) is 0 Å². The lowest BCUT2D eigenvalue weighted by atomic mass is 9.89. The van der Waals surface area contributed by atoms with E-state index in [1.807, 2.05) is 6.92 Å². The molecule has 116 valence electrons. The van der Waals surface area contributed by atoms with Crippen molar-refractivity contribution in [2.45, 2.75) is 50.8 Å². The van der Waals surface area contributed by atoms with Crippen molar-refractivity contribution in [3.8, 4) is 0 Å². The highest BCUT2D eigenvalue weighted by Crippen LogP contribution is 2.22. The van der Waals surface area contributed by atoms with E-state index in [9.17, 15) is 9.59 Å². The smallest absolute Gasteiger partial charge is 0.326 e. The summed E-state index contributed by atoms with van der Waals surface area (Å²) in [7, 11) is 1.56. The van der Waals surface area contributed by atoms with Crippen molar-refractivity contribution < 1.29 is 24.2 Å².